The number of sulfone groups is 1. The summed E-state index contributed by atoms with van der Waals surface area (Å²) in [6, 6.07) is 11.2. The third kappa shape index (κ3) is 4.62. The molecule has 2 aromatic heterocycles. The number of pyridine rings is 1. The monoisotopic (exact) mass is 485 g/mol. The number of ether oxygens (including phenoxy) is 1. The highest BCUT2D eigenvalue weighted by atomic mass is 32.2. The van der Waals surface area contributed by atoms with Crippen LogP contribution in [0.25, 0.3) is 5.65 Å². The molecule has 7 nitrogen and oxygen atoms in total. The number of carbonyl (C=O) groups is 1. The smallest absolute Gasteiger partial charge is 0.274 e. The second-order valence-corrected chi connectivity index (χ2v) is 9.88. The number of carbonyl (C=O) groups excluding carboxylic acids is 1. The van der Waals surface area contributed by atoms with Crippen LogP contribution in [-0.4, -0.2) is 30.0 Å². The molecule has 0 bridgehead atoms. The predicted molar refractivity (Wildman–Crippen MR) is 123 cm³/mol. The third-order valence-corrected chi connectivity index (χ3v) is 6.28. The molecule has 2 aromatic carbocycles. The van der Waals surface area contributed by atoms with E-state index in [-0.39, 0.29) is 28.5 Å². The van der Waals surface area contributed by atoms with Gasteiger partial charge in [0, 0.05) is 18.1 Å². The second-order valence-electron chi connectivity index (χ2n) is 7.86. The number of hydrogen-bond donors (Lipinski definition) is 1. The molecule has 176 valence electrons. The van der Waals surface area contributed by atoms with E-state index in [4.69, 9.17) is 4.74 Å². The van der Waals surface area contributed by atoms with Gasteiger partial charge in [0.25, 0.3) is 5.91 Å². The summed E-state index contributed by atoms with van der Waals surface area (Å²) in [6.45, 7) is 3.07. The summed E-state index contributed by atoms with van der Waals surface area (Å²) in [6.07, 6.45) is 2.77. The number of hydrogen-bond acceptors (Lipinski definition) is 5. The predicted octanol–water partition coefficient (Wildman–Crippen LogP) is 4.46. The van der Waals surface area contributed by atoms with Gasteiger partial charge in [-0.3, -0.25) is 9.20 Å². The van der Waals surface area contributed by atoms with Crippen molar-refractivity contribution in [3.05, 3.63) is 88.9 Å². The molecule has 4 aromatic rings. The first-order valence-electron chi connectivity index (χ1n) is 10.2. The van der Waals surface area contributed by atoms with Crippen LogP contribution in [0.15, 0.2) is 59.6 Å². The Hall–Kier alpha value is -3.79. The number of fused-ring (bicyclic) bond motifs is 1. The van der Waals surface area contributed by atoms with Crippen molar-refractivity contribution in [1.29, 1.82) is 0 Å². The summed E-state index contributed by atoms with van der Waals surface area (Å²) in [7, 11) is -3.44. The van der Waals surface area contributed by atoms with Gasteiger partial charge < -0.3 is 10.1 Å². The van der Waals surface area contributed by atoms with E-state index >= 15 is 0 Å². The number of aromatic nitrogens is 2. The van der Waals surface area contributed by atoms with Crippen LogP contribution in [0.1, 0.15) is 27.3 Å². The van der Waals surface area contributed by atoms with E-state index in [0.717, 1.165) is 24.0 Å². The maximum absolute atomic E-state index is 14.0. The Labute approximate surface area is 194 Å². The topological polar surface area (TPSA) is 89.8 Å². The molecule has 0 radical (unpaired) electrons. The summed E-state index contributed by atoms with van der Waals surface area (Å²) in [4.78, 5) is 17.6. The Bertz CT molecular complexity index is 1510. The number of nitrogens with zero attached hydrogens (tertiary/aromatic N) is 2. The number of aryl methyl sites for hydroxylation is 2. The molecule has 0 saturated heterocycles. The summed E-state index contributed by atoms with van der Waals surface area (Å²) >= 11 is 0. The number of amides is 1. The van der Waals surface area contributed by atoms with Crippen molar-refractivity contribution in [3.8, 4) is 5.75 Å². The highest BCUT2D eigenvalue weighted by Crippen LogP contribution is 2.26. The second kappa shape index (κ2) is 8.86. The summed E-state index contributed by atoms with van der Waals surface area (Å²) in [5.74, 6) is -1.70. The van der Waals surface area contributed by atoms with Crippen molar-refractivity contribution in [3.63, 3.8) is 0 Å². The zero-order chi connectivity index (χ0) is 24.6. The molecule has 0 aliphatic heterocycles. The lowest BCUT2D eigenvalue weighted by molar-refractivity contribution is 0.102. The largest absolute Gasteiger partial charge is 0.485 e. The third-order valence-electron chi connectivity index (χ3n) is 5.17. The van der Waals surface area contributed by atoms with E-state index in [9.17, 15) is 22.0 Å². The number of imidazole rings is 1. The van der Waals surface area contributed by atoms with Gasteiger partial charge in [0.1, 0.15) is 23.9 Å². The van der Waals surface area contributed by atoms with Gasteiger partial charge in [-0.15, -0.1) is 0 Å². The van der Waals surface area contributed by atoms with E-state index < -0.39 is 27.4 Å². The van der Waals surface area contributed by atoms with E-state index in [2.05, 4.69) is 10.3 Å². The minimum Gasteiger partial charge on any atom is -0.485 e. The zero-order valence-corrected chi connectivity index (χ0v) is 19.4. The molecule has 0 unspecified atom stereocenters. The lowest BCUT2D eigenvalue weighted by atomic mass is 10.2. The molecular formula is C24H21F2N3O4S. The Balaban J connectivity index is 1.68. The minimum atomic E-state index is -3.44. The maximum Gasteiger partial charge on any atom is 0.274 e. The fourth-order valence-corrected chi connectivity index (χ4v) is 4.22. The first-order chi connectivity index (χ1) is 16.0. The lowest BCUT2D eigenvalue weighted by Crippen LogP contribution is -2.16. The molecule has 1 amide bonds. The van der Waals surface area contributed by atoms with Crippen LogP contribution in [0.5, 0.6) is 5.75 Å². The molecule has 0 saturated carbocycles. The van der Waals surface area contributed by atoms with Crippen LogP contribution in [0.4, 0.5) is 14.5 Å². The van der Waals surface area contributed by atoms with Gasteiger partial charge in [-0.2, -0.15) is 0 Å². The summed E-state index contributed by atoms with van der Waals surface area (Å²) in [5, 5.41) is 2.70. The lowest BCUT2D eigenvalue weighted by Gasteiger charge is -2.11. The van der Waals surface area contributed by atoms with Gasteiger partial charge in [-0.1, -0.05) is 12.1 Å². The Morgan fingerprint density at radius 2 is 1.76 bits per heavy atom. The first-order valence-corrected chi connectivity index (χ1v) is 12.1. The zero-order valence-electron chi connectivity index (χ0n) is 18.6. The molecule has 0 spiro atoms. The molecule has 0 aliphatic carbocycles. The molecule has 10 heteroatoms. The minimum absolute atomic E-state index is 0.0760. The number of nitrogens with one attached hydrogen (secondary N) is 1. The summed E-state index contributed by atoms with van der Waals surface area (Å²) < 4.78 is 58.9. The highest BCUT2D eigenvalue weighted by Gasteiger charge is 2.21. The first kappa shape index (κ1) is 23.4. The summed E-state index contributed by atoms with van der Waals surface area (Å²) in [5.41, 5.74) is 1.72. The SMILES string of the molecule is Cc1cc(OCc2c(F)cccc2F)c2nc(C)c(C(=O)Nc3cccc(S(C)(=O)=O)c3)n2c1. The highest BCUT2D eigenvalue weighted by molar-refractivity contribution is 7.90. The number of anilines is 1. The molecule has 4 rings (SSSR count). The van der Waals surface area contributed by atoms with Crippen LogP contribution in [0, 0.1) is 25.5 Å². The fraction of sp³-hybridized carbons (Fsp3) is 0.167. The van der Waals surface area contributed by atoms with Crippen LogP contribution >= 0.6 is 0 Å². The molecule has 0 fully saturated rings. The van der Waals surface area contributed by atoms with Crippen LogP contribution in [-0.2, 0) is 16.4 Å². The van der Waals surface area contributed by atoms with Gasteiger partial charge >= 0.3 is 0 Å². The van der Waals surface area contributed by atoms with E-state index in [1.807, 2.05) is 0 Å². The molecule has 0 aliphatic rings. The van der Waals surface area contributed by atoms with Crippen molar-refractivity contribution >= 4 is 27.1 Å². The Kier molecular flexibility index (Phi) is 6.09. The van der Waals surface area contributed by atoms with Crippen molar-refractivity contribution in [2.24, 2.45) is 0 Å². The number of rotatable bonds is 6. The Morgan fingerprint density at radius 3 is 2.44 bits per heavy atom. The van der Waals surface area contributed by atoms with E-state index in [1.165, 1.54) is 28.7 Å². The molecular weight excluding hydrogens is 464 g/mol. The van der Waals surface area contributed by atoms with Gasteiger partial charge in [-0.05, 0) is 55.8 Å². The molecule has 0 atom stereocenters. The van der Waals surface area contributed by atoms with Crippen LogP contribution < -0.4 is 10.1 Å². The van der Waals surface area contributed by atoms with E-state index in [0.29, 0.717) is 17.0 Å². The number of halogens is 2. The van der Waals surface area contributed by atoms with Gasteiger partial charge in [0.05, 0.1) is 16.2 Å². The van der Waals surface area contributed by atoms with Crippen molar-refractivity contribution < 1.29 is 26.7 Å². The van der Waals surface area contributed by atoms with Crippen LogP contribution in [0.3, 0.4) is 0 Å². The standard InChI is InChI=1S/C24H21F2N3O4S/c1-14-10-21(33-13-18-19(25)8-5-9-20(18)26)23-27-15(2)22(29(23)12-14)24(30)28-16-6-4-7-17(11-16)34(3,31)32/h4-12H,13H2,1-3H3,(H,28,30). The molecule has 34 heavy (non-hydrogen) atoms. The quantitative estimate of drug-likeness (QED) is 0.436. The molecule has 2 heterocycles. The van der Waals surface area contributed by atoms with Crippen molar-refractivity contribution in [2.45, 2.75) is 25.3 Å². The average Bonchev–Trinajstić information content (AvgIpc) is 3.08. The van der Waals surface area contributed by atoms with Gasteiger partial charge in [-0.25, -0.2) is 22.2 Å². The number of benzene rings is 2. The fourth-order valence-electron chi connectivity index (χ4n) is 3.55. The Morgan fingerprint density at radius 1 is 1.09 bits per heavy atom. The average molecular weight is 486 g/mol. The van der Waals surface area contributed by atoms with Gasteiger partial charge in [0.2, 0.25) is 0 Å². The van der Waals surface area contributed by atoms with Crippen molar-refractivity contribution in [1.82, 2.24) is 9.38 Å². The van der Waals surface area contributed by atoms with Gasteiger partial charge in [0.15, 0.2) is 21.2 Å². The maximum atomic E-state index is 14.0. The van der Waals surface area contributed by atoms with Crippen molar-refractivity contribution in [2.75, 3.05) is 11.6 Å². The molecule has 1 N–H and O–H groups in total. The van der Waals surface area contributed by atoms with Crippen LogP contribution in [0.2, 0.25) is 0 Å². The van der Waals surface area contributed by atoms with E-state index in [1.54, 1.807) is 32.2 Å². The normalized spacial score (nSPS) is 11.6.